The summed E-state index contributed by atoms with van der Waals surface area (Å²) in [6.45, 7) is 16.2. The highest BCUT2D eigenvalue weighted by Crippen LogP contribution is 2.30. The number of piperidine rings is 1. The first kappa shape index (κ1) is 17.5. The molecule has 118 valence electrons. The Hall–Kier alpha value is -0.570. The summed E-state index contributed by atoms with van der Waals surface area (Å²) < 4.78 is 0. The summed E-state index contributed by atoms with van der Waals surface area (Å²) in [5.74, 6) is 1.59. The van der Waals surface area contributed by atoms with Gasteiger partial charge in [-0.1, -0.05) is 41.5 Å². The van der Waals surface area contributed by atoms with E-state index in [0.29, 0.717) is 35.6 Å². The van der Waals surface area contributed by atoms with Crippen LogP contribution in [-0.2, 0) is 4.79 Å². The molecule has 0 radical (unpaired) electrons. The molecule has 2 unspecified atom stereocenters. The van der Waals surface area contributed by atoms with Gasteiger partial charge in [0.2, 0.25) is 5.91 Å². The molecular weight excluding hydrogens is 248 g/mol. The fourth-order valence-electron chi connectivity index (χ4n) is 3.20. The van der Waals surface area contributed by atoms with E-state index in [4.69, 9.17) is 0 Å². The zero-order valence-electron chi connectivity index (χ0n) is 14.3. The fraction of sp³-hybridized carbons (Fsp3) is 0.941. The van der Waals surface area contributed by atoms with Crippen LogP contribution >= 0.6 is 0 Å². The number of hydrogen-bond donors (Lipinski definition) is 1. The number of nitrogens with zero attached hydrogens (tertiary/aromatic N) is 1. The summed E-state index contributed by atoms with van der Waals surface area (Å²) in [7, 11) is 0. The lowest BCUT2D eigenvalue weighted by Crippen LogP contribution is -2.52. The van der Waals surface area contributed by atoms with Gasteiger partial charge in [-0.3, -0.25) is 4.79 Å². The highest BCUT2D eigenvalue weighted by Gasteiger charge is 2.31. The van der Waals surface area contributed by atoms with E-state index < -0.39 is 0 Å². The van der Waals surface area contributed by atoms with E-state index in [2.05, 4.69) is 44.8 Å². The van der Waals surface area contributed by atoms with Crippen LogP contribution in [0, 0.1) is 17.3 Å². The van der Waals surface area contributed by atoms with Gasteiger partial charge in [-0.15, -0.1) is 0 Å². The van der Waals surface area contributed by atoms with Crippen molar-refractivity contribution in [2.45, 2.75) is 66.8 Å². The largest absolute Gasteiger partial charge is 0.341 e. The van der Waals surface area contributed by atoms with Crippen LogP contribution in [0.25, 0.3) is 0 Å². The number of hydrogen-bond acceptors (Lipinski definition) is 2. The number of carbonyl (C=O) groups is 1. The van der Waals surface area contributed by atoms with Gasteiger partial charge >= 0.3 is 0 Å². The van der Waals surface area contributed by atoms with Crippen molar-refractivity contribution in [3.05, 3.63) is 0 Å². The predicted molar refractivity (Wildman–Crippen MR) is 85.7 cm³/mol. The maximum absolute atomic E-state index is 12.1. The second-order valence-corrected chi connectivity index (χ2v) is 8.02. The molecule has 2 atom stereocenters. The quantitative estimate of drug-likeness (QED) is 0.839. The summed E-state index contributed by atoms with van der Waals surface area (Å²) in [5, 5.41) is 3.65. The first-order valence-corrected chi connectivity index (χ1v) is 8.22. The van der Waals surface area contributed by atoms with Crippen molar-refractivity contribution in [1.29, 1.82) is 0 Å². The highest BCUT2D eigenvalue weighted by atomic mass is 16.2. The summed E-state index contributed by atoms with van der Waals surface area (Å²) in [6.07, 6.45) is 3.02. The summed E-state index contributed by atoms with van der Waals surface area (Å²) >= 11 is 0. The van der Waals surface area contributed by atoms with Crippen molar-refractivity contribution in [2.24, 2.45) is 17.3 Å². The Labute approximate surface area is 125 Å². The zero-order valence-corrected chi connectivity index (χ0v) is 14.3. The molecule has 1 rings (SSSR count). The molecule has 0 aromatic carbocycles. The monoisotopic (exact) mass is 282 g/mol. The van der Waals surface area contributed by atoms with Crippen LogP contribution in [-0.4, -0.2) is 36.5 Å². The molecule has 3 heteroatoms. The van der Waals surface area contributed by atoms with Crippen LogP contribution in [0.15, 0.2) is 0 Å². The van der Waals surface area contributed by atoms with Gasteiger partial charge in [0, 0.05) is 25.6 Å². The molecule has 0 aromatic rings. The molecule has 1 aliphatic heterocycles. The molecule has 1 saturated heterocycles. The van der Waals surface area contributed by atoms with Crippen molar-refractivity contribution in [3.63, 3.8) is 0 Å². The van der Waals surface area contributed by atoms with Crippen LogP contribution in [0.1, 0.15) is 60.8 Å². The lowest BCUT2D eigenvalue weighted by atomic mass is 9.80. The van der Waals surface area contributed by atoms with E-state index in [9.17, 15) is 4.79 Å². The molecule has 1 amide bonds. The molecule has 1 aliphatic rings. The average molecular weight is 282 g/mol. The van der Waals surface area contributed by atoms with E-state index >= 15 is 0 Å². The highest BCUT2D eigenvalue weighted by molar-refractivity contribution is 5.76. The third-order valence-electron chi connectivity index (χ3n) is 3.91. The van der Waals surface area contributed by atoms with E-state index in [1.54, 1.807) is 0 Å². The molecule has 0 aromatic heterocycles. The van der Waals surface area contributed by atoms with Gasteiger partial charge in [-0.2, -0.15) is 0 Å². The second-order valence-electron chi connectivity index (χ2n) is 8.02. The lowest BCUT2D eigenvalue weighted by molar-refractivity contribution is -0.133. The molecular formula is C17H34N2O. The third-order valence-corrected chi connectivity index (χ3v) is 3.91. The Balaban J connectivity index is 2.64. The van der Waals surface area contributed by atoms with Gasteiger partial charge in [0.15, 0.2) is 0 Å². The van der Waals surface area contributed by atoms with E-state index in [1.807, 2.05) is 6.92 Å². The smallest absolute Gasteiger partial charge is 0.222 e. The number of nitrogens with one attached hydrogen (secondary N) is 1. The van der Waals surface area contributed by atoms with Crippen LogP contribution < -0.4 is 5.32 Å². The topological polar surface area (TPSA) is 32.3 Å². The Morgan fingerprint density at radius 2 is 1.95 bits per heavy atom. The first-order chi connectivity index (χ1) is 9.21. The summed E-state index contributed by atoms with van der Waals surface area (Å²) in [6, 6.07) is 0.467. The maximum atomic E-state index is 12.1. The molecule has 1 fully saturated rings. The van der Waals surface area contributed by atoms with Crippen LogP contribution in [0.3, 0.4) is 0 Å². The minimum Gasteiger partial charge on any atom is -0.341 e. The first-order valence-electron chi connectivity index (χ1n) is 8.22. The second kappa shape index (κ2) is 7.44. The third kappa shape index (κ3) is 6.25. The minimum absolute atomic E-state index is 0.306. The number of rotatable bonds is 5. The summed E-state index contributed by atoms with van der Waals surface area (Å²) in [5.41, 5.74) is 0.339. The Morgan fingerprint density at radius 3 is 2.45 bits per heavy atom. The molecule has 20 heavy (non-hydrogen) atoms. The Morgan fingerprint density at radius 1 is 1.30 bits per heavy atom. The normalized spacial score (nSPS) is 24.2. The van der Waals surface area contributed by atoms with E-state index in [1.165, 1.54) is 12.8 Å². The number of likely N-dealkylation sites (tertiary alicyclic amines) is 1. The van der Waals surface area contributed by atoms with Crippen LogP contribution in [0.2, 0.25) is 0 Å². The van der Waals surface area contributed by atoms with Gasteiger partial charge in [0.1, 0.15) is 0 Å². The van der Waals surface area contributed by atoms with Gasteiger partial charge in [-0.25, -0.2) is 0 Å². The van der Waals surface area contributed by atoms with Crippen molar-refractivity contribution >= 4 is 5.91 Å². The average Bonchev–Trinajstić information content (AvgIpc) is 2.33. The van der Waals surface area contributed by atoms with Crippen molar-refractivity contribution in [1.82, 2.24) is 10.2 Å². The number of amides is 1. The van der Waals surface area contributed by atoms with Crippen molar-refractivity contribution in [2.75, 3.05) is 19.6 Å². The standard InChI is InChI=1S/C17H34N2O/c1-7-16(20)19-11-14(9-17(4,5)6)8-15(12-19)18-10-13(2)3/h13-15,18H,7-12H2,1-6H3. The van der Waals surface area contributed by atoms with Gasteiger partial charge < -0.3 is 10.2 Å². The van der Waals surface area contributed by atoms with Crippen LogP contribution in [0.4, 0.5) is 0 Å². The van der Waals surface area contributed by atoms with E-state index in [-0.39, 0.29) is 0 Å². The minimum atomic E-state index is 0.306. The Kier molecular flexibility index (Phi) is 6.50. The van der Waals surface area contributed by atoms with Gasteiger partial charge in [0.25, 0.3) is 0 Å². The van der Waals surface area contributed by atoms with Gasteiger partial charge in [-0.05, 0) is 36.6 Å². The zero-order chi connectivity index (χ0) is 15.3. The van der Waals surface area contributed by atoms with Gasteiger partial charge in [0.05, 0.1) is 0 Å². The number of carbonyl (C=O) groups excluding carboxylic acids is 1. The van der Waals surface area contributed by atoms with Crippen molar-refractivity contribution in [3.8, 4) is 0 Å². The molecule has 1 heterocycles. The molecule has 0 bridgehead atoms. The fourth-order valence-corrected chi connectivity index (χ4v) is 3.20. The lowest BCUT2D eigenvalue weighted by Gasteiger charge is -2.40. The SMILES string of the molecule is CCC(=O)N1CC(CC(C)(C)C)CC(NCC(C)C)C1. The predicted octanol–water partition coefficient (Wildman–Crippen LogP) is 3.30. The molecule has 0 spiro atoms. The maximum Gasteiger partial charge on any atom is 0.222 e. The van der Waals surface area contributed by atoms with Crippen molar-refractivity contribution < 1.29 is 4.79 Å². The Bertz CT molecular complexity index is 307. The van der Waals surface area contributed by atoms with E-state index in [0.717, 1.165) is 19.6 Å². The molecule has 3 nitrogen and oxygen atoms in total. The molecule has 1 N–H and O–H groups in total. The van der Waals surface area contributed by atoms with Crippen LogP contribution in [0.5, 0.6) is 0 Å². The molecule has 0 saturated carbocycles. The molecule has 0 aliphatic carbocycles. The summed E-state index contributed by atoms with van der Waals surface area (Å²) in [4.78, 5) is 14.1.